The lowest BCUT2D eigenvalue weighted by Crippen LogP contribution is -2.41. The number of rotatable bonds is 5. The molecule has 138 valence electrons. The number of aromatic amines is 1. The number of H-pyrrole nitrogens is 1. The predicted octanol–water partition coefficient (Wildman–Crippen LogP) is 1.34. The first-order valence-corrected chi connectivity index (χ1v) is 11.2. The summed E-state index contributed by atoms with van der Waals surface area (Å²) in [5.74, 6) is 0.998. The van der Waals surface area contributed by atoms with E-state index in [1.165, 1.54) is 11.8 Å². The van der Waals surface area contributed by atoms with Crippen molar-refractivity contribution >= 4 is 44.3 Å². The fraction of sp³-hybridized carbons (Fsp3) is 0.438. The summed E-state index contributed by atoms with van der Waals surface area (Å²) >= 11 is 1.33. The lowest BCUT2D eigenvalue weighted by atomic mass is 10.2. The number of fused-ring (bicyclic) bond motifs is 3. The molecular weight excluding hydrogens is 374 g/mol. The molecule has 0 aliphatic carbocycles. The van der Waals surface area contributed by atoms with Crippen molar-refractivity contribution in [1.29, 1.82) is 0 Å². The third kappa shape index (κ3) is 3.07. The maximum atomic E-state index is 12.7. The molecule has 10 heteroatoms. The average molecular weight is 393 g/mol. The molecule has 1 amide bonds. The van der Waals surface area contributed by atoms with E-state index >= 15 is 0 Å². The first-order chi connectivity index (χ1) is 12.5. The quantitative estimate of drug-likeness (QED) is 0.657. The summed E-state index contributed by atoms with van der Waals surface area (Å²) in [6.07, 6.45) is 0.519. The normalized spacial score (nSPS) is 19.3. The van der Waals surface area contributed by atoms with Gasteiger partial charge in [-0.25, -0.2) is 18.5 Å². The van der Waals surface area contributed by atoms with Crippen LogP contribution in [0.2, 0.25) is 0 Å². The Kier molecular flexibility index (Phi) is 4.39. The Morgan fingerprint density at radius 2 is 2.23 bits per heavy atom. The lowest BCUT2D eigenvalue weighted by Gasteiger charge is -2.26. The van der Waals surface area contributed by atoms with E-state index in [1.54, 1.807) is 4.90 Å². The summed E-state index contributed by atoms with van der Waals surface area (Å²) in [6.45, 7) is 2.38. The molecule has 3 heterocycles. The monoisotopic (exact) mass is 393 g/mol. The second-order valence-corrected chi connectivity index (χ2v) is 9.46. The number of nitrogens with one attached hydrogen (secondary N) is 1. The van der Waals surface area contributed by atoms with Gasteiger partial charge in [0.15, 0.2) is 15.0 Å². The predicted molar refractivity (Wildman–Crippen MR) is 100 cm³/mol. The van der Waals surface area contributed by atoms with Crippen LogP contribution in [0, 0.1) is 0 Å². The lowest BCUT2D eigenvalue weighted by molar-refractivity contribution is -0.129. The molecule has 1 N–H and O–H groups in total. The van der Waals surface area contributed by atoms with E-state index in [0.29, 0.717) is 23.9 Å². The highest BCUT2D eigenvalue weighted by Gasteiger charge is 2.33. The Hall–Kier alpha value is -2.07. The van der Waals surface area contributed by atoms with Gasteiger partial charge >= 0.3 is 0 Å². The molecule has 1 saturated heterocycles. The zero-order valence-electron chi connectivity index (χ0n) is 14.3. The molecule has 1 aliphatic rings. The summed E-state index contributed by atoms with van der Waals surface area (Å²) in [4.78, 5) is 18.8. The second-order valence-electron chi connectivity index (χ2n) is 6.29. The fourth-order valence-corrected chi connectivity index (χ4v) is 5.98. The number of hydrogen-bond donors (Lipinski definition) is 1. The van der Waals surface area contributed by atoms with Gasteiger partial charge in [-0.05, 0) is 25.5 Å². The van der Waals surface area contributed by atoms with Crippen LogP contribution in [0.25, 0.3) is 16.8 Å². The molecule has 1 fully saturated rings. The number of para-hydroxylation sites is 2. The van der Waals surface area contributed by atoms with Gasteiger partial charge in [0.25, 0.3) is 0 Å². The molecule has 1 atom stereocenters. The van der Waals surface area contributed by atoms with Crippen LogP contribution < -0.4 is 0 Å². The Morgan fingerprint density at radius 1 is 1.42 bits per heavy atom. The summed E-state index contributed by atoms with van der Waals surface area (Å²) in [5.41, 5.74) is 1.79. The SMILES string of the molecule is CCN(C(=O)CSc1n[nH]c2nc3ccccc3n12)[C@@H]1CCS(=O)(=O)C1. The zero-order valence-corrected chi connectivity index (χ0v) is 15.9. The molecule has 1 aliphatic heterocycles. The standard InChI is InChI=1S/C16H19N5O3S2/c1-2-20(11-7-8-26(23,24)10-11)14(22)9-25-16-19-18-15-17-12-5-3-4-6-13(12)21(15)16/h3-6,11H,2,7-10H2,1H3,(H,17,18)/t11-/m1/s1. The van der Waals surface area contributed by atoms with Gasteiger partial charge < -0.3 is 4.90 Å². The van der Waals surface area contributed by atoms with Crippen LogP contribution in [0.5, 0.6) is 0 Å². The summed E-state index contributed by atoms with van der Waals surface area (Å²) in [5, 5.41) is 7.81. The van der Waals surface area contributed by atoms with Crippen LogP contribution in [-0.4, -0.2) is 68.7 Å². The van der Waals surface area contributed by atoms with E-state index in [4.69, 9.17) is 0 Å². The van der Waals surface area contributed by atoms with Crippen LogP contribution in [0.4, 0.5) is 0 Å². The van der Waals surface area contributed by atoms with Gasteiger partial charge in [-0.15, -0.1) is 5.10 Å². The van der Waals surface area contributed by atoms with E-state index in [0.717, 1.165) is 11.0 Å². The molecule has 4 rings (SSSR count). The molecule has 0 spiro atoms. The molecule has 0 radical (unpaired) electrons. The zero-order chi connectivity index (χ0) is 18.3. The summed E-state index contributed by atoms with van der Waals surface area (Å²) in [7, 11) is -3.02. The van der Waals surface area contributed by atoms with E-state index in [9.17, 15) is 13.2 Å². The third-order valence-corrected chi connectivity index (χ3v) is 7.31. The Balaban J connectivity index is 1.51. The average Bonchev–Trinajstić information content (AvgIpc) is 3.27. The molecular formula is C16H19N5O3S2. The van der Waals surface area contributed by atoms with E-state index < -0.39 is 9.84 Å². The molecule has 8 nitrogen and oxygen atoms in total. The molecule has 0 saturated carbocycles. The smallest absolute Gasteiger partial charge is 0.233 e. The topological polar surface area (TPSA) is 100 Å². The van der Waals surface area contributed by atoms with Crippen molar-refractivity contribution in [3.8, 4) is 0 Å². The van der Waals surface area contributed by atoms with Gasteiger partial charge in [0.2, 0.25) is 11.7 Å². The highest BCUT2D eigenvalue weighted by molar-refractivity contribution is 7.99. The Morgan fingerprint density at radius 3 is 2.96 bits per heavy atom. The van der Waals surface area contributed by atoms with Crippen molar-refractivity contribution < 1.29 is 13.2 Å². The van der Waals surface area contributed by atoms with Gasteiger partial charge in [-0.1, -0.05) is 23.9 Å². The van der Waals surface area contributed by atoms with Crippen LogP contribution in [0.15, 0.2) is 29.4 Å². The molecule has 2 aromatic heterocycles. The maximum Gasteiger partial charge on any atom is 0.233 e. The van der Waals surface area contributed by atoms with Crippen molar-refractivity contribution in [1.82, 2.24) is 24.5 Å². The van der Waals surface area contributed by atoms with Crippen molar-refractivity contribution in [2.75, 3.05) is 23.8 Å². The Labute approximate surface area is 154 Å². The van der Waals surface area contributed by atoms with Gasteiger partial charge in [-0.3, -0.25) is 9.20 Å². The van der Waals surface area contributed by atoms with E-state index in [-0.39, 0.29) is 29.2 Å². The van der Waals surface area contributed by atoms with Crippen molar-refractivity contribution in [3.05, 3.63) is 24.3 Å². The second kappa shape index (κ2) is 6.58. The number of nitrogens with zero attached hydrogens (tertiary/aromatic N) is 4. The van der Waals surface area contributed by atoms with Gasteiger partial charge in [-0.2, -0.15) is 0 Å². The maximum absolute atomic E-state index is 12.7. The number of carbonyl (C=O) groups excluding carboxylic acids is 1. The molecule has 0 bridgehead atoms. The minimum atomic E-state index is -3.02. The highest BCUT2D eigenvalue weighted by Crippen LogP contribution is 2.24. The number of amides is 1. The fourth-order valence-electron chi connectivity index (χ4n) is 3.41. The molecule has 3 aromatic rings. The number of thioether (sulfide) groups is 1. The summed E-state index contributed by atoms with van der Waals surface area (Å²) < 4.78 is 25.3. The van der Waals surface area contributed by atoms with E-state index in [2.05, 4.69) is 15.2 Å². The molecule has 26 heavy (non-hydrogen) atoms. The number of hydrogen-bond acceptors (Lipinski definition) is 6. The van der Waals surface area contributed by atoms with Gasteiger partial charge in [0.1, 0.15) is 0 Å². The van der Waals surface area contributed by atoms with Crippen molar-refractivity contribution in [2.45, 2.75) is 24.5 Å². The van der Waals surface area contributed by atoms with Crippen molar-refractivity contribution in [3.63, 3.8) is 0 Å². The molecule has 0 unspecified atom stereocenters. The minimum absolute atomic E-state index is 0.0655. The number of aromatic nitrogens is 4. The van der Waals surface area contributed by atoms with Crippen LogP contribution in [0.1, 0.15) is 13.3 Å². The highest BCUT2D eigenvalue weighted by atomic mass is 32.2. The first kappa shape index (κ1) is 17.3. The largest absolute Gasteiger partial charge is 0.338 e. The van der Waals surface area contributed by atoms with Crippen LogP contribution >= 0.6 is 11.8 Å². The van der Waals surface area contributed by atoms with Crippen molar-refractivity contribution in [2.24, 2.45) is 0 Å². The number of sulfone groups is 1. The number of benzene rings is 1. The molecule has 1 aromatic carbocycles. The number of carbonyl (C=O) groups is 1. The third-order valence-electron chi connectivity index (χ3n) is 4.64. The summed E-state index contributed by atoms with van der Waals surface area (Å²) in [6, 6.07) is 7.52. The first-order valence-electron chi connectivity index (χ1n) is 8.43. The van der Waals surface area contributed by atoms with E-state index in [1.807, 2.05) is 35.6 Å². The number of imidazole rings is 1. The van der Waals surface area contributed by atoms with Crippen LogP contribution in [-0.2, 0) is 14.6 Å². The Bertz CT molecular complexity index is 1070. The van der Waals surface area contributed by atoms with Gasteiger partial charge in [0, 0.05) is 12.6 Å². The van der Waals surface area contributed by atoms with Crippen LogP contribution in [0.3, 0.4) is 0 Å². The van der Waals surface area contributed by atoms with Gasteiger partial charge in [0.05, 0.1) is 28.3 Å². The minimum Gasteiger partial charge on any atom is -0.338 e.